The molecule has 9 nitrogen and oxygen atoms in total. The van der Waals surface area contributed by atoms with Crippen molar-refractivity contribution >= 4 is 23.7 Å². The van der Waals surface area contributed by atoms with Gasteiger partial charge < -0.3 is 14.4 Å². The maximum absolute atomic E-state index is 11.6. The number of ether oxygens (including phenoxy) is 2. The highest BCUT2D eigenvalue weighted by atomic mass is 16.5. The third-order valence-corrected chi connectivity index (χ3v) is 7.41. The summed E-state index contributed by atoms with van der Waals surface area (Å²) in [5, 5.41) is 2.69. The van der Waals surface area contributed by atoms with E-state index in [1.165, 1.54) is 12.7 Å². The first-order chi connectivity index (χ1) is 20.1. The lowest BCUT2D eigenvalue weighted by Gasteiger charge is -2.33. The molecule has 2 aliphatic heterocycles. The van der Waals surface area contributed by atoms with Gasteiger partial charge in [-0.25, -0.2) is 14.8 Å². The Labute approximate surface area is 245 Å². The Bertz CT molecular complexity index is 1260. The van der Waals surface area contributed by atoms with Crippen LogP contribution in [0, 0.1) is 5.92 Å². The van der Waals surface area contributed by atoms with Crippen LogP contribution in [0.5, 0.6) is 0 Å². The predicted molar refractivity (Wildman–Crippen MR) is 166 cm³/mol. The zero-order valence-electron chi connectivity index (χ0n) is 24.5. The molecular formula is C32H44N6O3. The molecule has 0 saturated carbocycles. The van der Waals surface area contributed by atoms with Gasteiger partial charge in [-0.1, -0.05) is 32.6 Å². The zero-order chi connectivity index (χ0) is 29.0. The number of benzene rings is 1. The van der Waals surface area contributed by atoms with Crippen molar-refractivity contribution in [1.29, 1.82) is 0 Å². The predicted octanol–water partition coefficient (Wildman–Crippen LogP) is 5.92. The Hall–Kier alpha value is -3.82. The van der Waals surface area contributed by atoms with E-state index in [1.54, 1.807) is 0 Å². The summed E-state index contributed by atoms with van der Waals surface area (Å²) in [6, 6.07) is 11.7. The molecule has 0 aliphatic carbocycles. The van der Waals surface area contributed by atoms with E-state index in [4.69, 9.17) is 19.4 Å². The average molecular weight is 561 g/mol. The summed E-state index contributed by atoms with van der Waals surface area (Å²) in [4.78, 5) is 30.7. The number of piperidine rings is 1. The third kappa shape index (κ3) is 8.11. The number of aromatic nitrogens is 3. The largest absolute Gasteiger partial charge is 0.453 e. The molecule has 0 spiro atoms. The molecule has 5 rings (SSSR count). The average Bonchev–Trinajstić information content (AvgIpc) is 3.04. The molecule has 1 N–H and O–H groups in total. The topological polar surface area (TPSA) is 92.7 Å². The van der Waals surface area contributed by atoms with Gasteiger partial charge in [0, 0.05) is 50.3 Å². The molecule has 41 heavy (non-hydrogen) atoms. The summed E-state index contributed by atoms with van der Waals surface area (Å²) in [5.41, 5.74) is 4.86. The van der Waals surface area contributed by atoms with E-state index in [0.29, 0.717) is 30.6 Å². The van der Waals surface area contributed by atoms with Crippen LogP contribution in [-0.4, -0.2) is 72.4 Å². The number of anilines is 2. The number of carbonyl (C=O) groups excluding carboxylic acids is 1. The van der Waals surface area contributed by atoms with Crippen LogP contribution in [0.2, 0.25) is 0 Å². The summed E-state index contributed by atoms with van der Waals surface area (Å²) in [6.07, 6.45) is 8.31. The van der Waals surface area contributed by atoms with Crippen LogP contribution in [0.15, 0.2) is 55.4 Å². The molecule has 1 aromatic carbocycles. The zero-order valence-corrected chi connectivity index (χ0v) is 24.5. The van der Waals surface area contributed by atoms with Gasteiger partial charge in [0.05, 0.1) is 26.0 Å². The Morgan fingerprint density at radius 2 is 1.85 bits per heavy atom. The van der Waals surface area contributed by atoms with E-state index in [-0.39, 0.29) is 1.43 Å². The number of carbonyl (C=O) groups is 1. The molecule has 0 bridgehead atoms. The number of methoxy groups -OCH3 is 1. The molecule has 9 heteroatoms. The number of nitrogens with zero attached hydrogens (tertiary/aromatic N) is 5. The van der Waals surface area contributed by atoms with Gasteiger partial charge in [0.1, 0.15) is 5.82 Å². The summed E-state index contributed by atoms with van der Waals surface area (Å²) in [5.74, 6) is 2.13. The van der Waals surface area contributed by atoms with Gasteiger partial charge >= 0.3 is 6.09 Å². The molecule has 2 aromatic heterocycles. The second-order valence-electron chi connectivity index (χ2n) is 10.0. The molecule has 0 unspecified atom stereocenters. The highest BCUT2D eigenvalue weighted by Gasteiger charge is 2.25. The molecule has 220 valence electrons. The van der Waals surface area contributed by atoms with Crippen molar-refractivity contribution in [2.45, 2.75) is 39.7 Å². The van der Waals surface area contributed by atoms with Gasteiger partial charge in [-0.15, -0.1) is 0 Å². The third-order valence-electron chi connectivity index (χ3n) is 7.41. The van der Waals surface area contributed by atoms with Crippen LogP contribution in [0.1, 0.15) is 44.9 Å². The van der Waals surface area contributed by atoms with Crippen molar-refractivity contribution in [3.8, 4) is 11.4 Å². The van der Waals surface area contributed by atoms with Crippen molar-refractivity contribution in [1.82, 2.24) is 19.9 Å². The molecule has 2 aliphatic rings. The molecule has 0 atom stereocenters. The van der Waals surface area contributed by atoms with Gasteiger partial charge in [0.15, 0.2) is 5.82 Å². The maximum Gasteiger partial charge on any atom is 0.411 e. The fraction of sp³-hybridized carbons (Fsp3) is 0.438. The molecule has 3 aromatic rings. The van der Waals surface area contributed by atoms with Crippen molar-refractivity contribution < 1.29 is 15.7 Å². The molecule has 0 radical (unpaired) electrons. The number of likely N-dealkylation sites (tertiary alicyclic amines) is 1. The van der Waals surface area contributed by atoms with E-state index >= 15 is 0 Å². The number of morpholine rings is 1. The highest BCUT2D eigenvalue weighted by Crippen LogP contribution is 2.31. The van der Waals surface area contributed by atoms with Gasteiger partial charge in [-0.2, -0.15) is 0 Å². The van der Waals surface area contributed by atoms with E-state index in [0.717, 1.165) is 74.6 Å². The van der Waals surface area contributed by atoms with Crippen LogP contribution in [-0.2, 0) is 22.4 Å². The quantitative estimate of drug-likeness (QED) is 0.363. The van der Waals surface area contributed by atoms with E-state index < -0.39 is 6.09 Å². The first kappa shape index (κ1) is 30.1. The fourth-order valence-electron chi connectivity index (χ4n) is 5.26. The van der Waals surface area contributed by atoms with Gasteiger partial charge in [0.25, 0.3) is 0 Å². The molecular weight excluding hydrogens is 516 g/mol. The lowest BCUT2D eigenvalue weighted by atomic mass is 9.90. The molecule has 1 amide bonds. The van der Waals surface area contributed by atoms with Gasteiger partial charge in [-0.3, -0.25) is 15.2 Å². The Kier molecular flexibility index (Phi) is 11.2. The van der Waals surface area contributed by atoms with Crippen LogP contribution in [0.4, 0.5) is 16.3 Å². The number of rotatable bonds is 8. The SMILES string of the molecule is C=Cc1c(CC2CCN(Cc3cccnc3)CC2)nc(-c2ccc(NC(=O)OC)cc2)nc1N1CCOCC1.CC.[HH]. The maximum atomic E-state index is 11.6. The first-order valence-electron chi connectivity index (χ1n) is 14.6. The van der Waals surface area contributed by atoms with E-state index in [2.05, 4.69) is 32.7 Å². The monoisotopic (exact) mass is 560 g/mol. The van der Waals surface area contributed by atoms with Crippen LogP contribution >= 0.6 is 0 Å². The van der Waals surface area contributed by atoms with Crippen LogP contribution in [0.3, 0.4) is 0 Å². The minimum absolute atomic E-state index is 0. The minimum atomic E-state index is -0.502. The molecule has 2 saturated heterocycles. The Morgan fingerprint density at radius 1 is 1.12 bits per heavy atom. The Balaban J connectivity index is 0.00000158. The fourth-order valence-corrected chi connectivity index (χ4v) is 5.26. The van der Waals surface area contributed by atoms with Crippen molar-refractivity contribution in [3.05, 3.63) is 72.2 Å². The highest BCUT2D eigenvalue weighted by molar-refractivity contribution is 5.84. The van der Waals surface area contributed by atoms with Crippen molar-refractivity contribution in [2.75, 3.05) is 56.7 Å². The number of amides is 1. The van der Waals surface area contributed by atoms with Crippen LogP contribution in [0.25, 0.3) is 17.5 Å². The summed E-state index contributed by atoms with van der Waals surface area (Å²) in [6.45, 7) is 14.1. The second-order valence-corrected chi connectivity index (χ2v) is 10.0. The number of pyridine rings is 1. The lowest BCUT2D eigenvalue weighted by molar-refractivity contribution is 0.122. The summed E-state index contributed by atoms with van der Waals surface area (Å²) >= 11 is 0. The number of hydrogen-bond acceptors (Lipinski definition) is 8. The van der Waals surface area contributed by atoms with E-state index in [1.807, 2.05) is 62.6 Å². The summed E-state index contributed by atoms with van der Waals surface area (Å²) in [7, 11) is 1.35. The van der Waals surface area contributed by atoms with E-state index in [9.17, 15) is 4.79 Å². The standard InChI is InChI=1S/C30H36N6O3.C2H6.H2/c1-3-26-27(19-22-10-13-35(14-11-22)21-23-5-4-12-31-20-23)33-28(34-29(26)36-15-17-39-18-16-36)24-6-8-25(9-7-24)32-30(37)38-2;1-2;/h3-9,12,20,22H,1,10-11,13-19,21H2,2H3,(H,32,37);1-2H3;1H. The smallest absolute Gasteiger partial charge is 0.411 e. The molecule has 2 fully saturated rings. The lowest BCUT2D eigenvalue weighted by Crippen LogP contribution is -2.37. The van der Waals surface area contributed by atoms with Crippen molar-refractivity contribution in [2.24, 2.45) is 5.92 Å². The Morgan fingerprint density at radius 3 is 2.49 bits per heavy atom. The van der Waals surface area contributed by atoms with Crippen molar-refractivity contribution in [3.63, 3.8) is 0 Å². The normalized spacial score (nSPS) is 15.9. The molecule has 4 heterocycles. The number of nitrogens with one attached hydrogen (secondary N) is 1. The minimum Gasteiger partial charge on any atom is -0.453 e. The van der Waals surface area contributed by atoms with Gasteiger partial charge in [-0.05, 0) is 74.2 Å². The first-order valence-corrected chi connectivity index (χ1v) is 14.6. The second kappa shape index (κ2) is 15.3. The van der Waals surface area contributed by atoms with Gasteiger partial charge in [0.2, 0.25) is 0 Å². The summed E-state index contributed by atoms with van der Waals surface area (Å²) < 4.78 is 10.3. The van der Waals surface area contributed by atoms with Crippen LogP contribution < -0.4 is 10.2 Å². The number of hydrogen-bond donors (Lipinski definition) is 1.